The van der Waals surface area contributed by atoms with E-state index in [1.54, 1.807) is 36.5 Å². The second-order valence-corrected chi connectivity index (χ2v) is 7.69. The minimum atomic E-state index is -0.473. The smallest absolute Gasteiger partial charge is 0.265 e. The molecule has 3 heterocycles. The van der Waals surface area contributed by atoms with Gasteiger partial charge in [-0.25, -0.2) is 4.39 Å². The number of halogens is 1. The summed E-state index contributed by atoms with van der Waals surface area (Å²) < 4.78 is 14.5. The summed E-state index contributed by atoms with van der Waals surface area (Å²) in [6.07, 6.45) is 5.07. The summed E-state index contributed by atoms with van der Waals surface area (Å²) in [6, 6.07) is 17.6. The summed E-state index contributed by atoms with van der Waals surface area (Å²) >= 11 is 0. The number of amides is 1. The fourth-order valence-electron chi connectivity index (χ4n) is 3.87. The average molecular weight is 439 g/mol. The molecule has 1 amide bonds. The van der Waals surface area contributed by atoms with Gasteiger partial charge in [0.25, 0.3) is 11.5 Å². The molecule has 1 aliphatic rings. The first kappa shape index (κ1) is 20.4. The number of benzene rings is 2. The molecule has 0 spiro atoms. The molecule has 162 valence electrons. The van der Waals surface area contributed by atoms with Gasteiger partial charge < -0.3 is 10.3 Å². The molecule has 0 fully saturated rings. The Bertz CT molecular complexity index is 1470. The van der Waals surface area contributed by atoms with Crippen LogP contribution in [0, 0.1) is 5.82 Å². The molecule has 0 saturated carbocycles. The Morgan fingerprint density at radius 3 is 2.58 bits per heavy atom. The van der Waals surface area contributed by atoms with Crippen LogP contribution >= 0.6 is 0 Å². The van der Waals surface area contributed by atoms with Gasteiger partial charge in [0.1, 0.15) is 5.82 Å². The van der Waals surface area contributed by atoms with E-state index in [9.17, 15) is 18.8 Å². The van der Waals surface area contributed by atoms with Crippen molar-refractivity contribution in [3.05, 3.63) is 118 Å². The van der Waals surface area contributed by atoms with Crippen LogP contribution in [0.25, 0.3) is 17.3 Å². The van der Waals surface area contributed by atoms with Gasteiger partial charge >= 0.3 is 0 Å². The molecule has 2 aromatic heterocycles. The van der Waals surface area contributed by atoms with E-state index in [1.165, 1.54) is 41.1 Å². The minimum Gasteiger partial charge on any atom is -0.362 e. The molecule has 7 heteroatoms. The maximum atomic E-state index is 13.2. The number of H-pyrrole nitrogens is 1. The number of carbonyl (C=O) groups is 2. The van der Waals surface area contributed by atoms with E-state index in [-0.39, 0.29) is 23.7 Å². The molecule has 4 aromatic rings. The molecule has 0 saturated heterocycles. The lowest BCUT2D eigenvalue weighted by molar-refractivity contribution is -0.110. The Labute approximate surface area is 188 Å². The number of aromatic amines is 1. The van der Waals surface area contributed by atoms with Crippen LogP contribution in [0.2, 0.25) is 0 Å². The summed E-state index contributed by atoms with van der Waals surface area (Å²) in [5.41, 5.74) is 3.39. The monoisotopic (exact) mass is 439 g/mol. The molecule has 2 N–H and O–H groups in total. The van der Waals surface area contributed by atoms with Crippen molar-refractivity contribution in [3.8, 4) is 5.69 Å². The van der Waals surface area contributed by atoms with Crippen molar-refractivity contribution in [3.63, 3.8) is 0 Å². The number of hydrogen-bond donors (Lipinski definition) is 2. The van der Waals surface area contributed by atoms with E-state index in [0.29, 0.717) is 28.1 Å². The standard InChI is InChI=1S/C26H18FN3O3/c27-17-6-8-19(9-7-17)30-12-2-4-20(26(30)33)24(31)14-16-5-10-23-21(13-16)22(25(32)29-23)15-18-3-1-11-28-18/h1-13,15,28H,14H2,(H,29,32)/b22-15-. The third-order valence-corrected chi connectivity index (χ3v) is 5.51. The van der Waals surface area contributed by atoms with Crippen LogP contribution < -0.4 is 10.9 Å². The van der Waals surface area contributed by atoms with Gasteiger partial charge in [-0.05, 0) is 72.3 Å². The lowest BCUT2D eigenvalue weighted by Gasteiger charge is -2.08. The van der Waals surface area contributed by atoms with Crippen LogP contribution in [0.15, 0.2) is 83.9 Å². The van der Waals surface area contributed by atoms with Crippen molar-refractivity contribution in [1.29, 1.82) is 0 Å². The van der Waals surface area contributed by atoms with Gasteiger partial charge in [-0.15, -0.1) is 0 Å². The van der Waals surface area contributed by atoms with E-state index in [1.807, 2.05) is 12.1 Å². The number of Topliss-reactive ketones (excluding diaryl/α,β-unsaturated/α-hetero) is 1. The van der Waals surface area contributed by atoms with E-state index in [2.05, 4.69) is 10.3 Å². The summed E-state index contributed by atoms with van der Waals surface area (Å²) in [7, 11) is 0. The number of carbonyl (C=O) groups excluding carboxylic acids is 2. The number of ketones is 1. The molecule has 0 bridgehead atoms. The Balaban J connectivity index is 1.44. The molecule has 33 heavy (non-hydrogen) atoms. The number of anilines is 1. The van der Waals surface area contributed by atoms with Gasteiger partial charge in [0, 0.05) is 41.4 Å². The number of aromatic nitrogens is 2. The van der Waals surface area contributed by atoms with E-state index >= 15 is 0 Å². The van der Waals surface area contributed by atoms with Gasteiger partial charge in [-0.3, -0.25) is 19.0 Å². The number of nitrogens with zero attached hydrogens (tertiary/aromatic N) is 1. The van der Waals surface area contributed by atoms with Gasteiger partial charge in [-0.1, -0.05) is 6.07 Å². The Hall–Kier alpha value is -4.52. The van der Waals surface area contributed by atoms with Crippen LogP contribution in [0.4, 0.5) is 10.1 Å². The maximum Gasteiger partial charge on any atom is 0.265 e. The molecule has 2 aromatic carbocycles. The molecule has 5 rings (SSSR count). The second kappa shape index (κ2) is 8.20. The van der Waals surface area contributed by atoms with Crippen LogP contribution in [0.3, 0.4) is 0 Å². The lowest BCUT2D eigenvalue weighted by atomic mass is 9.98. The highest BCUT2D eigenvalue weighted by Crippen LogP contribution is 2.33. The number of fused-ring (bicyclic) bond motifs is 1. The predicted molar refractivity (Wildman–Crippen MR) is 124 cm³/mol. The minimum absolute atomic E-state index is 0.0000758. The molecule has 0 atom stereocenters. The van der Waals surface area contributed by atoms with Crippen molar-refractivity contribution >= 4 is 29.0 Å². The quantitative estimate of drug-likeness (QED) is 0.361. The average Bonchev–Trinajstić information content (AvgIpc) is 3.43. The van der Waals surface area contributed by atoms with E-state index < -0.39 is 11.4 Å². The third-order valence-electron chi connectivity index (χ3n) is 5.51. The van der Waals surface area contributed by atoms with Crippen LogP contribution in [-0.2, 0) is 11.2 Å². The van der Waals surface area contributed by atoms with Crippen molar-refractivity contribution in [2.75, 3.05) is 5.32 Å². The summed E-state index contributed by atoms with van der Waals surface area (Å²) in [6.45, 7) is 0. The van der Waals surface area contributed by atoms with Crippen molar-refractivity contribution < 1.29 is 14.0 Å². The maximum absolute atomic E-state index is 13.2. The molecular formula is C26H18FN3O3. The number of nitrogens with one attached hydrogen (secondary N) is 2. The molecule has 6 nitrogen and oxygen atoms in total. The van der Waals surface area contributed by atoms with Crippen LogP contribution in [0.1, 0.15) is 27.2 Å². The Morgan fingerprint density at radius 1 is 1.00 bits per heavy atom. The van der Waals surface area contributed by atoms with Crippen molar-refractivity contribution in [2.45, 2.75) is 6.42 Å². The van der Waals surface area contributed by atoms with Crippen LogP contribution in [-0.4, -0.2) is 21.2 Å². The fraction of sp³-hybridized carbons (Fsp3) is 0.0385. The highest BCUT2D eigenvalue weighted by molar-refractivity contribution is 6.34. The summed E-state index contributed by atoms with van der Waals surface area (Å²) in [5.74, 6) is -0.967. The van der Waals surface area contributed by atoms with E-state index in [4.69, 9.17) is 0 Å². The van der Waals surface area contributed by atoms with Gasteiger partial charge in [0.15, 0.2) is 5.78 Å². The third kappa shape index (κ3) is 3.92. The Kier molecular flexibility index (Phi) is 5.06. The number of rotatable bonds is 5. The molecule has 0 radical (unpaired) electrons. The van der Waals surface area contributed by atoms with Gasteiger partial charge in [0.05, 0.1) is 11.1 Å². The number of hydrogen-bond acceptors (Lipinski definition) is 3. The second-order valence-electron chi connectivity index (χ2n) is 7.69. The first-order valence-corrected chi connectivity index (χ1v) is 10.3. The topological polar surface area (TPSA) is 84.0 Å². The molecular weight excluding hydrogens is 421 g/mol. The van der Waals surface area contributed by atoms with Gasteiger partial charge in [0.2, 0.25) is 0 Å². The first-order valence-electron chi connectivity index (χ1n) is 10.3. The van der Waals surface area contributed by atoms with Crippen LogP contribution in [0.5, 0.6) is 0 Å². The zero-order valence-corrected chi connectivity index (χ0v) is 17.3. The zero-order chi connectivity index (χ0) is 22.9. The summed E-state index contributed by atoms with van der Waals surface area (Å²) in [4.78, 5) is 41.4. The fourth-order valence-corrected chi connectivity index (χ4v) is 3.87. The van der Waals surface area contributed by atoms with Crippen molar-refractivity contribution in [1.82, 2.24) is 9.55 Å². The highest BCUT2D eigenvalue weighted by Gasteiger charge is 2.25. The zero-order valence-electron chi connectivity index (χ0n) is 17.3. The molecule has 0 unspecified atom stereocenters. The first-order chi connectivity index (χ1) is 16.0. The van der Waals surface area contributed by atoms with E-state index in [0.717, 1.165) is 5.69 Å². The normalized spacial score (nSPS) is 13.7. The molecule has 0 aliphatic carbocycles. The lowest BCUT2D eigenvalue weighted by Crippen LogP contribution is -2.25. The predicted octanol–water partition coefficient (Wildman–Crippen LogP) is 4.22. The highest BCUT2D eigenvalue weighted by atomic mass is 19.1. The van der Waals surface area contributed by atoms with Gasteiger partial charge in [-0.2, -0.15) is 0 Å². The molecule has 1 aliphatic heterocycles. The summed E-state index contributed by atoms with van der Waals surface area (Å²) in [5, 5.41) is 2.82. The largest absolute Gasteiger partial charge is 0.362 e. The Morgan fingerprint density at radius 2 is 1.82 bits per heavy atom. The number of pyridine rings is 1. The van der Waals surface area contributed by atoms with Crippen molar-refractivity contribution in [2.24, 2.45) is 0 Å². The SMILES string of the molecule is O=C1Nc2ccc(CC(=O)c3cccn(-c4ccc(F)cc4)c3=O)cc2/C1=C/c1ccc[nH]1.